The van der Waals surface area contributed by atoms with Gasteiger partial charge in [0.05, 0.1) is 5.57 Å². The zero-order valence-electron chi connectivity index (χ0n) is 21.4. The third kappa shape index (κ3) is 6.66. The molecule has 0 atom stereocenters. The van der Waals surface area contributed by atoms with Crippen LogP contribution in [0.4, 0.5) is 0 Å². The molecule has 0 fully saturated rings. The Morgan fingerprint density at radius 2 is 0.947 bits per heavy atom. The fraction of sp³-hybridized carbons (Fsp3) is 0.118. The molecule has 1 amide bonds. The normalized spacial score (nSPS) is 12.2. The number of nitrogens with zero attached hydrogens (tertiary/aromatic N) is 1. The number of benzene rings is 4. The molecular weight excluding hydrogens is 500 g/mol. The molecule has 1 aliphatic rings. The van der Waals surface area contributed by atoms with Crippen LogP contribution in [-0.2, 0) is 4.79 Å². The SMILES string of the molecule is O=C(C1=C=CC=C1)N(CCP(c1ccccc1)c1ccccc1)CCP(c1ccccc1)c1ccccc1. The predicted molar refractivity (Wildman–Crippen MR) is 165 cm³/mol. The molecule has 0 N–H and O–H groups in total. The van der Waals surface area contributed by atoms with Crippen molar-refractivity contribution in [2.24, 2.45) is 0 Å². The molecule has 0 unspecified atom stereocenters. The van der Waals surface area contributed by atoms with Crippen molar-refractivity contribution in [3.8, 4) is 0 Å². The van der Waals surface area contributed by atoms with Crippen molar-refractivity contribution >= 4 is 43.0 Å². The van der Waals surface area contributed by atoms with Crippen LogP contribution >= 0.6 is 15.8 Å². The summed E-state index contributed by atoms with van der Waals surface area (Å²) in [5.74, 6) is 0.0714. The summed E-state index contributed by atoms with van der Waals surface area (Å²) >= 11 is 0. The number of allylic oxidation sites excluding steroid dienone is 1. The van der Waals surface area contributed by atoms with E-state index in [1.807, 2.05) is 18.2 Å². The van der Waals surface area contributed by atoms with Crippen LogP contribution in [0.3, 0.4) is 0 Å². The molecule has 0 radical (unpaired) electrons. The third-order valence-corrected chi connectivity index (χ3v) is 11.6. The lowest BCUT2D eigenvalue weighted by atomic mass is 10.2. The quantitative estimate of drug-likeness (QED) is 0.179. The van der Waals surface area contributed by atoms with E-state index in [9.17, 15) is 4.79 Å². The molecule has 188 valence electrons. The molecule has 0 spiro atoms. The van der Waals surface area contributed by atoms with E-state index >= 15 is 0 Å². The summed E-state index contributed by atoms with van der Waals surface area (Å²) < 4.78 is 0. The topological polar surface area (TPSA) is 20.3 Å². The largest absolute Gasteiger partial charge is 0.337 e. The average molecular weight is 532 g/mol. The molecule has 0 saturated heterocycles. The molecule has 0 aromatic heterocycles. The van der Waals surface area contributed by atoms with Gasteiger partial charge in [0, 0.05) is 13.1 Å². The molecule has 0 heterocycles. The van der Waals surface area contributed by atoms with Crippen LogP contribution in [0.15, 0.2) is 151 Å². The van der Waals surface area contributed by atoms with E-state index in [-0.39, 0.29) is 5.91 Å². The number of rotatable bonds is 11. The van der Waals surface area contributed by atoms with Gasteiger partial charge in [-0.2, -0.15) is 0 Å². The first kappa shape index (κ1) is 26.1. The molecule has 4 aromatic carbocycles. The zero-order valence-corrected chi connectivity index (χ0v) is 23.1. The molecule has 0 bridgehead atoms. The van der Waals surface area contributed by atoms with Crippen LogP contribution in [0, 0.1) is 0 Å². The number of hydrogen-bond acceptors (Lipinski definition) is 1. The van der Waals surface area contributed by atoms with Crippen molar-refractivity contribution in [3.63, 3.8) is 0 Å². The maximum atomic E-state index is 13.7. The van der Waals surface area contributed by atoms with Crippen molar-refractivity contribution in [1.82, 2.24) is 4.90 Å². The van der Waals surface area contributed by atoms with Gasteiger partial charge in [0.25, 0.3) is 5.91 Å². The van der Waals surface area contributed by atoms with Gasteiger partial charge in [0.2, 0.25) is 0 Å². The maximum Gasteiger partial charge on any atom is 0.261 e. The molecule has 1 aliphatic carbocycles. The van der Waals surface area contributed by atoms with Crippen molar-refractivity contribution in [3.05, 3.63) is 151 Å². The Morgan fingerprint density at radius 1 is 0.579 bits per heavy atom. The Labute approximate surface area is 228 Å². The van der Waals surface area contributed by atoms with Crippen molar-refractivity contribution < 1.29 is 4.79 Å². The molecule has 0 saturated carbocycles. The van der Waals surface area contributed by atoms with Crippen molar-refractivity contribution in [1.29, 1.82) is 0 Å². The minimum Gasteiger partial charge on any atom is -0.337 e. The highest BCUT2D eigenvalue weighted by Gasteiger charge is 2.23. The molecule has 5 rings (SSSR count). The van der Waals surface area contributed by atoms with Crippen molar-refractivity contribution in [2.75, 3.05) is 25.4 Å². The Morgan fingerprint density at radius 3 is 1.26 bits per heavy atom. The lowest BCUT2D eigenvalue weighted by molar-refractivity contribution is -0.126. The van der Waals surface area contributed by atoms with Crippen LogP contribution in [0.25, 0.3) is 0 Å². The first-order chi connectivity index (χ1) is 18.8. The smallest absolute Gasteiger partial charge is 0.261 e. The Kier molecular flexibility index (Phi) is 9.15. The van der Waals surface area contributed by atoms with E-state index in [0.717, 1.165) is 12.3 Å². The predicted octanol–water partition coefficient (Wildman–Crippen LogP) is 5.73. The first-order valence-electron chi connectivity index (χ1n) is 13.0. The lowest BCUT2D eigenvalue weighted by Crippen LogP contribution is -2.37. The van der Waals surface area contributed by atoms with Crippen LogP contribution in [0.5, 0.6) is 0 Å². The van der Waals surface area contributed by atoms with Crippen LogP contribution < -0.4 is 21.2 Å². The molecule has 0 aliphatic heterocycles. The summed E-state index contributed by atoms with van der Waals surface area (Å²) in [4.78, 5) is 15.7. The number of carbonyl (C=O) groups is 1. The molecule has 38 heavy (non-hydrogen) atoms. The highest BCUT2D eigenvalue weighted by molar-refractivity contribution is 7.73. The van der Waals surface area contributed by atoms with Gasteiger partial charge < -0.3 is 4.90 Å². The summed E-state index contributed by atoms with van der Waals surface area (Å²) in [6.07, 6.45) is 7.44. The number of amides is 1. The van der Waals surface area contributed by atoms with Gasteiger partial charge in [-0.05, 0) is 61.5 Å². The lowest BCUT2D eigenvalue weighted by Gasteiger charge is -2.28. The molecule has 4 heteroatoms. The van der Waals surface area contributed by atoms with E-state index in [1.54, 1.807) is 0 Å². The number of carbonyl (C=O) groups excluding carboxylic acids is 1. The Hall–Kier alpha value is -3.53. The summed E-state index contributed by atoms with van der Waals surface area (Å²) in [5, 5.41) is 5.38. The van der Waals surface area contributed by atoms with Crippen LogP contribution in [0.1, 0.15) is 0 Å². The monoisotopic (exact) mass is 531 g/mol. The van der Waals surface area contributed by atoms with Crippen LogP contribution in [-0.4, -0.2) is 36.2 Å². The van der Waals surface area contributed by atoms with E-state index in [0.29, 0.717) is 18.7 Å². The minimum atomic E-state index is -0.578. The van der Waals surface area contributed by atoms with E-state index in [2.05, 4.69) is 132 Å². The van der Waals surface area contributed by atoms with Gasteiger partial charge in [-0.25, -0.2) is 0 Å². The summed E-state index contributed by atoms with van der Waals surface area (Å²) in [7, 11) is -1.16. The summed E-state index contributed by atoms with van der Waals surface area (Å²) in [5.41, 5.74) is 3.79. The van der Waals surface area contributed by atoms with Gasteiger partial charge in [-0.1, -0.05) is 127 Å². The fourth-order valence-electron chi connectivity index (χ4n) is 4.64. The molecule has 2 nitrogen and oxygen atoms in total. The average Bonchev–Trinajstić information content (AvgIpc) is 3.54. The Bertz CT molecular complexity index is 1250. The highest BCUT2D eigenvalue weighted by Crippen LogP contribution is 2.35. The van der Waals surface area contributed by atoms with E-state index in [4.69, 9.17) is 0 Å². The second-order valence-corrected chi connectivity index (χ2v) is 13.7. The standard InChI is InChI=1S/C34H31NOP2/c36-34(29-15-13-14-16-29)35(25-27-37(30-17-5-1-6-18-30)31-19-7-2-8-20-31)26-28-38(32-21-9-3-10-22-32)33-23-11-4-12-24-33/h1-15,17-24H,25-28H2. The second-order valence-electron chi connectivity index (χ2n) is 9.02. The number of hydrogen-bond donors (Lipinski definition) is 0. The molecule has 4 aromatic rings. The summed E-state index contributed by atoms with van der Waals surface area (Å²) in [6, 6.07) is 43.0. The van der Waals surface area contributed by atoms with E-state index < -0.39 is 15.8 Å². The summed E-state index contributed by atoms with van der Waals surface area (Å²) in [6.45, 7) is 1.42. The van der Waals surface area contributed by atoms with Gasteiger partial charge in [0.15, 0.2) is 0 Å². The Balaban J connectivity index is 1.40. The van der Waals surface area contributed by atoms with Gasteiger partial charge in [-0.15, -0.1) is 5.73 Å². The van der Waals surface area contributed by atoms with Crippen LogP contribution in [0.2, 0.25) is 0 Å². The van der Waals surface area contributed by atoms with Gasteiger partial charge in [0.1, 0.15) is 0 Å². The van der Waals surface area contributed by atoms with E-state index in [1.165, 1.54) is 21.2 Å². The minimum absolute atomic E-state index is 0.0714. The van der Waals surface area contributed by atoms with Gasteiger partial charge >= 0.3 is 0 Å². The highest BCUT2D eigenvalue weighted by atomic mass is 31.1. The van der Waals surface area contributed by atoms with Gasteiger partial charge in [-0.3, -0.25) is 4.79 Å². The second kappa shape index (κ2) is 13.3. The fourth-order valence-corrected chi connectivity index (χ4v) is 9.28. The maximum absolute atomic E-state index is 13.7. The van der Waals surface area contributed by atoms with Crippen molar-refractivity contribution in [2.45, 2.75) is 0 Å². The first-order valence-corrected chi connectivity index (χ1v) is 16.0. The third-order valence-electron chi connectivity index (χ3n) is 6.57. The molecular formula is C34H31NOP2. The zero-order chi connectivity index (χ0) is 26.0.